The summed E-state index contributed by atoms with van der Waals surface area (Å²) in [6.07, 6.45) is -3.82. The van der Waals surface area contributed by atoms with Crippen LogP contribution < -0.4 is 4.74 Å². The molecule has 0 spiro atoms. The molecule has 3 amide bonds. The first-order valence-corrected chi connectivity index (χ1v) is 10.3. The Morgan fingerprint density at radius 3 is 2.59 bits per heavy atom. The summed E-state index contributed by atoms with van der Waals surface area (Å²) in [5, 5.41) is 0. The second-order valence-corrected chi connectivity index (χ2v) is 7.62. The molecule has 34 heavy (non-hydrogen) atoms. The second-order valence-electron chi connectivity index (χ2n) is 7.62. The summed E-state index contributed by atoms with van der Waals surface area (Å²) in [5.41, 5.74) is 0.228. The van der Waals surface area contributed by atoms with Gasteiger partial charge in [0, 0.05) is 52.3 Å². The summed E-state index contributed by atoms with van der Waals surface area (Å²) in [4.78, 5) is 39.9. The summed E-state index contributed by atoms with van der Waals surface area (Å²) >= 11 is 0. The predicted octanol–water partition coefficient (Wildman–Crippen LogP) is 2.20. The van der Waals surface area contributed by atoms with Crippen molar-refractivity contribution >= 4 is 17.7 Å². The van der Waals surface area contributed by atoms with E-state index in [1.807, 2.05) is 0 Å². The molecule has 8 heteroatoms. The van der Waals surface area contributed by atoms with E-state index in [0.717, 1.165) is 7.05 Å². The average molecular weight is 477 g/mol. The number of ether oxygens (including phenoxy) is 2. The second kappa shape index (κ2) is 9.56. The van der Waals surface area contributed by atoms with Gasteiger partial charge in [-0.2, -0.15) is 0 Å². The molecule has 0 saturated carbocycles. The number of fused-ring (bicyclic) bond motifs is 1. The van der Waals surface area contributed by atoms with Gasteiger partial charge in [0.1, 0.15) is 18.4 Å². The van der Waals surface area contributed by atoms with Crippen molar-refractivity contribution in [3.63, 3.8) is 0 Å². The van der Waals surface area contributed by atoms with Crippen LogP contribution in [-0.2, 0) is 34.0 Å². The van der Waals surface area contributed by atoms with Gasteiger partial charge in [-0.1, -0.05) is 30.3 Å². The molecule has 1 atom stereocenters. The molecule has 3 heterocycles. The summed E-state index contributed by atoms with van der Waals surface area (Å²) in [7, 11) is 0.956. The van der Waals surface area contributed by atoms with E-state index in [-0.39, 0.29) is 29.0 Å². The van der Waals surface area contributed by atoms with Crippen LogP contribution in [0.1, 0.15) is 57.7 Å². The number of carbonyl (C=O) groups is 3. The standard InChI is InChI=1S/C26H29N3O5/c1-27-24(30)10-9-22(26(27)32)29-16-21-20(25(29)31)3-2-4-23(21)34-17-19-7-5-18(6-8-19)15-28-11-13-33-14-12-28/h2-8,22H,9-17H2,1H3/i10D2,11D2,12D2,13D2,14D2,16D2,22D. The minimum atomic E-state index is -3.18. The van der Waals surface area contributed by atoms with E-state index in [4.69, 9.17) is 22.6 Å². The molecular weight excluding hydrogens is 434 g/mol. The number of imide groups is 1. The third kappa shape index (κ3) is 4.43. The smallest absolute Gasteiger partial charge is 0.255 e. The minimum Gasteiger partial charge on any atom is -0.489 e. The van der Waals surface area contributed by atoms with Gasteiger partial charge in [-0.3, -0.25) is 24.2 Å². The van der Waals surface area contributed by atoms with Crippen LogP contribution in [0.25, 0.3) is 0 Å². The predicted molar refractivity (Wildman–Crippen MR) is 124 cm³/mol. The molecule has 2 aromatic carbocycles. The lowest BCUT2D eigenvalue weighted by Gasteiger charge is -2.33. The zero-order valence-electron chi connectivity index (χ0n) is 31.0. The van der Waals surface area contributed by atoms with Crippen LogP contribution in [0.4, 0.5) is 0 Å². The average Bonchev–Trinajstić information content (AvgIpc) is 3.17. The third-order valence-electron chi connectivity index (χ3n) is 5.44. The van der Waals surface area contributed by atoms with Gasteiger partial charge < -0.3 is 14.4 Å². The number of amides is 3. The molecule has 0 radical (unpaired) electrons. The van der Waals surface area contributed by atoms with Crippen molar-refractivity contribution in [3.8, 4) is 5.75 Å². The van der Waals surface area contributed by atoms with Crippen molar-refractivity contribution in [3.05, 3.63) is 64.7 Å². The molecule has 0 aliphatic carbocycles. The summed E-state index contributed by atoms with van der Waals surface area (Å²) < 4.78 is 117. The summed E-state index contributed by atoms with van der Waals surface area (Å²) in [5.74, 6) is -3.67. The highest BCUT2D eigenvalue weighted by atomic mass is 16.5. The van der Waals surface area contributed by atoms with E-state index in [1.165, 1.54) is 42.5 Å². The number of carbonyl (C=O) groups excluding carboxylic acids is 3. The number of likely N-dealkylation sites (tertiary alicyclic amines) is 1. The molecule has 2 saturated heterocycles. The van der Waals surface area contributed by atoms with Crippen LogP contribution in [0.3, 0.4) is 0 Å². The van der Waals surface area contributed by atoms with E-state index in [0.29, 0.717) is 20.3 Å². The molecule has 0 N–H and O–H groups in total. The topological polar surface area (TPSA) is 79.4 Å². The van der Waals surface area contributed by atoms with Crippen molar-refractivity contribution in [1.82, 2.24) is 14.7 Å². The van der Waals surface area contributed by atoms with Gasteiger partial charge in [-0.05, 0) is 29.7 Å². The number of rotatable bonds is 6. The molecule has 3 aliphatic rings. The summed E-state index contributed by atoms with van der Waals surface area (Å²) in [6.45, 7) is -16.1. The largest absolute Gasteiger partial charge is 0.489 e. The number of benzene rings is 2. The highest BCUT2D eigenvalue weighted by Gasteiger charge is 2.42. The lowest BCUT2D eigenvalue weighted by molar-refractivity contribution is -0.150. The molecule has 5 rings (SSSR count). The van der Waals surface area contributed by atoms with Crippen molar-refractivity contribution in [2.45, 2.75) is 38.5 Å². The molecule has 0 bridgehead atoms. The van der Waals surface area contributed by atoms with Crippen molar-refractivity contribution in [1.29, 1.82) is 0 Å². The Morgan fingerprint density at radius 1 is 1.09 bits per heavy atom. The van der Waals surface area contributed by atoms with E-state index in [2.05, 4.69) is 4.74 Å². The van der Waals surface area contributed by atoms with Crippen LogP contribution in [-0.4, -0.2) is 71.6 Å². The minimum absolute atomic E-state index is 0.120. The first-order valence-electron chi connectivity index (χ1n) is 16.8. The van der Waals surface area contributed by atoms with Crippen LogP contribution in [0.2, 0.25) is 0 Å². The van der Waals surface area contributed by atoms with Crippen LogP contribution in [0.15, 0.2) is 42.5 Å². The lowest BCUT2D eigenvalue weighted by Crippen LogP contribution is -2.53. The Hall–Kier alpha value is -3.23. The zero-order valence-corrected chi connectivity index (χ0v) is 18.0. The van der Waals surface area contributed by atoms with Crippen LogP contribution in [0.5, 0.6) is 5.75 Å². The molecular formula is C26H29N3O5. The summed E-state index contributed by atoms with van der Waals surface area (Å²) in [6, 6.07) is 7.15. The van der Waals surface area contributed by atoms with Gasteiger partial charge in [-0.15, -0.1) is 0 Å². The Labute approximate surface area is 217 Å². The molecule has 8 nitrogen and oxygen atoms in total. The Bertz CT molecular complexity index is 1630. The van der Waals surface area contributed by atoms with Crippen molar-refractivity contribution in [2.24, 2.45) is 0 Å². The highest BCUT2D eigenvalue weighted by molar-refractivity contribution is 6.05. The normalized spacial score (nSPS) is 37.9. The molecule has 1 unspecified atom stereocenters. The van der Waals surface area contributed by atoms with Gasteiger partial charge in [-0.25, -0.2) is 0 Å². The fourth-order valence-corrected chi connectivity index (χ4v) is 3.61. The first kappa shape index (κ1) is 12.0. The monoisotopic (exact) mass is 476 g/mol. The van der Waals surface area contributed by atoms with Crippen molar-refractivity contribution < 1.29 is 41.7 Å². The van der Waals surface area contributed by atoms with Crippen molar-refractivity contribution in [2.75, 3.05) is 33.2 Å². The maximum absolute atomic E-state index is 13.5. The molecule has 3 aliphatic heterocycles. The number of hydrogen-bond donors (Lipinski definition) is 0. The SMILES string of the molecule is [2H]C1([2H])CC([2H])(N2C(=O)c3cccc(OCc4ccc(CN5C([2H])([2H])C([2H])([2H])OC([2H])([2H])C5([2H])[2H])cc4)c3C2([2H])[2H])C(=O)N(C)C1=O. The van der Waals surface area contributed by atoms with Gasteiger partial charge in [0.25, 0.3) is 11.8 Å². The van der Waals surface area contributed by atoms with Crippen LogP contribution in [0, 0.1) is 0 Å². The quantitative estimate of drug-likeness (QED) is 0.595. The van der Waals surface area contributed by atoms with Gasteiger partial charge in [0.2, 0.25) is 5.91 Å². The van der Waals surface area contributed by atoms with Gasteiger partial charge in [0.15, 0.2) is 0 Å². The molecule has 2 aromatic rings. The molecule has 178 valence electrons. The first-order chi connectivity index (χ1) is 21.3. The number of morpholine rings is 1. The highest BCUT2D eigenvalue weighted by Crippen LogP contribution is 2.34. The van der Waals surface area contributed by atoms with E-state index < -0.39 is 75.7 Å². The van der Waals surface area contributed by atoms with Crippen LogP contribution >= 0.6 is 0 Å². The fraction of sp³-hybridized carbons (Fsp3) is 0.423. The Kier molecular flexibility index (Phi) is 3.36. The number of hydrogen-bond acceptors (Lipinski definition) is 6. The Balaban J connectivity index is 1.37. The van der Waals surface area contributed by atoms with Gasteiger partial charge in [0.05, 0.1) is 29.2 Å². The fourth-order valence-electron chi connectivity index (χ4n) is 3.61. The number of nitrogens with zero attached hydrogens (tertiary/aromatic N) is 3. The Morgan fingerprint density at radius 2 is 1.82 bits per heavy atom. The number of likely N-dealkylation sites (N-methyl/N-ethyl adjacent to an activating group) is 1. The zero-order chi connectivity index (χ0) is 35.3. The third-order valence-corrected chi connectivity index (χ3v) is 5.44. The lowest BCUT2D eigenvalue weighted by atomic mass is 10.0. The maximum atomic E-state index is 13.5. The maximum Gasteiger partial charge on any atom is 0.255 e. The van der Waals surface area contributed by atoms with E-state index >= 15 is 0 Å². The van der Waals surface area contributed by atoms with E-state index in [1.54, 1.807) is 0 Å². The molecule has 2 fully saturated rings. The van der Waals surface area contributed by atoms with E-state index in [9.17, 15) is 14.4 Å². The van der Waals surface area contributed by atoms with Gasteiger partial charge >= 0.3 is 0 Å². The number of piperidine rings is 1. The molecule has 0 aromatic heterocycles.